The van der Waals surface area contributed by atoms with Gasteiger partial charge in [-0.2, -0.15) is 5.26 Å². The number of amides is 5. The summed E-state index contributed by atoms with van der Waals surface area (Å²) in [5.41, 5.74) is 21.9. The summed E-state index contributed by atoms with van der Waals surface area (Å²) in [7, 11) is 2.73. The predicted octanol–water partition coefficient (Wildman–Crippen LogP) is 8.63. The van der Waals surface area contributed by atoms with Crippen molar-refractivity contribution in [3.05, 3.63) is 126 Å². The van der Waals surface area contributed by atoms with Gasteiger partial charge >= 0.3 is 24.0 Å². The smallest absolute Gasteiger partial charge is 0.320 e. The largest absolute Gasteiger partial charge is 0.494 e. The number of aliphatic carboxylic acids is 1. The van der Waals surface area contributed by atoms with Crippen LogP contribution in [0.25, 0.3) is 20.9 Å². The lowest BCUT2D eigenvalue weighted by atomic mass is 10.0. The zero-order valence-corrected chi connectivity index (χ0v) is 52.1. The monoisotopic (exact) mass is 1280 g/mol. The molecule has 28 nitrogen and oxygen atoms in total. The van der Waals surface area contributed by atoms with Crippen molar-refractivity contribution in [2.75, 3.05) is 123 Å². The second-order valence-corrected chi connectivity index (χ2v) is 21.3. The molecule has 2 aromatic heterocycles. The van der Waals surface area contributed by atoms with Crippen LogP contribution in [0.3, 0.4) is 0 Å². The molecule has 4 aliphatic rings. The Morgan fingerprint density at radius 1 is 0.780 bits per heavy atom. The van der Waals surface area contributed by atoms with E-state index in [0.717, 1.165) is 78.5 Å². The highest BCUT2D eigenvalue weighted by Crippen LogP contribution is 2.34. The van der Waals surface area contributed by atoms with Gasteiger partial charge in [0.05, 0.1) is 83.4 Å². The van der Waals surface area contributed by atoms with E-state index in [1.54, 1.807) is 33.8 Å². The van der Waals surface area contributed by atoms with E-state index in [1.165, 1.54) is 43.4 Å². The average molecular weight is 1280 g/mol. The van der Waals surface area contributed by atoms with Crippen molar-refractivity contribution in [1.82, 2.24) is 34.9 Å². The Balaban J connectivity index is 0.000000272. The number of esters is 1. The van der Waals surface area contributed by atoms with Gasteiger partial charge in [0.2, 0.25) is 5.91 Å². The van der Waals surface area contributed by atoms with Crippen molar-refractivity contribution in [3.8, 4) is 17.6 Å². The fraction of sp³-hybridized carbons (Fsp3) is 0.533. The number of azide groups is 2. The normalized spacial score (nSPS) is 14.4. The molecule has 4 N–H and O–H groups in total. The third kappa shape index (κ3) is 21.5. The van der Waals surface area contributed by atoms with Gasteiger partial charge in [-0.05, 0) is 134 Å². The molecule has 0 aliphatic carbocycles. The number of fused-ring (bicyclic) bond motifs is 2. The Morgan fingerprint density at radius 2 is 1.33 bits per heavy atom. The van der Waals surface area contributed by atoms with Crippen LogP contribution in [0.2, 0.25) is 0 Å². The molecule has 2 atom stereocenters. The number of methoxy groups -OCH3 is 2. The third-order valence-corrected chi connectivity index (χ3v) is 15.3. The van der Waals surface area contributed by atoms with Crippen LogP contribution in [0.5, 0.6) is 11.5 Å². The third-order valence-electron chi connectivity index (χ3n) is 15.2. The van der Waals surface area contributed by atoms with Crippen LogP contribution in [-0.2, 0) is 73.2 Å². The molecule has 6 heterocycles. The van der Waals surface area contributed by atoms with Gasteiger partial charge in [-0.15, -0.1) is 0 Å². The Morgan fingerprint density at radius 3 is 1.85 bits per heavy atom. The van der Waals surface area contributed by atoms with Gasteiger partial charge < -0.3 is 64.3 Å². The van der Waals surface area contributed by atoms with Gasteiger partial charge in [-0.3, -0.25) is 14.4 Å². The standard InChI is InChI=1S/C32H43FN8O7.C27H32FN5O4.CH2N4S/c1-46-28-7-6-22(19-25(28)33)27(20-30(43)44)41-13-12-40(32(41)45)11-3-5-26-24(18-23-4-2-9-35-31(23)38-26)21-36-29(42)8-14-47-16-17-48-15-10-37-39-34;1-3-37-25(34)16-23(18-8-9-24(36-2)21(28)15-18)33-13-12-32(27(33)35)11-5-7-22-20(17-29)14-19-6-4-10-30-26(19)31-22;2-5-3-1-4-6/h6-7,18-19,27H,2-5,8-17,20-21H2,1H3,(H,35,38)(H,36,42)(H,43,44);8-9,14-15,23H,3-7,10-13,16H2,1-2H3,(H,30,31);1H2/t27-;23-;/m00./s1. The number of anilines is 2. The number of carbonyl (C=O) groups excluding carboxylic acids is 4. The second kappa shape index (κ2) is 37.7. The van der Waals surface area contributed by atoms with Crippen LogP contribution in [0.4, 0.5) is 30.0 Å². The van der Waals surface area contributed by atoms with Gasteiger partial charge in [0.25, 0.3) is 0 Å². The van der Waals surface area contributed by atoms with Gasteiger partial charge in [0.15, 0.2) is 23.1 Å². The van der Waals surface area contributed by atoms with Gasteiger partial charge in [-0.25, -0.2) is 32.7 Å². The molecular weight excluding hydrogens is 1200 g/mol. The zero-order chi connectivity index (χ0) is 65.5. The number of nitriles is 1. The van der Waals surface area contributed by atoms with Gasteiger partial charge in [0, 0.05) is 99.8 Å². The fourth-order valence-corrected chi connectivity index (χ4v) is 10.8. The number of rotatable bonds is 32. The highest BCUT2D eigenvalue weighted by molar-refractivity contribution is 7.47. The first kappa shape index (κ1) is 70.9. The Kier molecular flexibility index (Phi) is 29.4. The summed E-state index contributed by atoms with van der Waals surface area (Å²) in [4.78, 5) is 84.4. The Bertz CT molecular complexity index is 3300. The summed E-state index contributed by atoms with van der Waals surface area (Å²) in [5, 5.41) is 35.1. The molecule has 91 heavy (non-hydrogen) atoms. The number of carbonyl (C=O) groups is 5. The summed E-state index contributed by atoms with van der Waals surface area (Å²) < 4.78 is 57.9. The second-order valence-electron chi connectivity index (χ2n) is 21.0. The Labute approximate surface area is 531 Å². The number of hydrogen-bond acceptors (Lipinski definition) is 19. The molecule has 2 aromatic carbocycles. The van der Waals surface area contributed by atoms with E-state index in [9.17, 15) is 43.1 Å². The van der Waals surface area contributed by atoms with Crippen LogP contribution in [0.1, 0.15) is 109 Å². The molecule has 2 fully saturated rings. The van der Waals surface area contributed by atoms with Crippen molar-refractivity contribution in [1.29, 1.82) is 5.26 Å². The van der Waals surface area contributed by atoms with E-state index >= 15 is 0 Å². The average Bonchev–Trinajstić information content (AvgIpc) is 1.83. The molecule has 488 valence electrons. The Hall–Kier alpha value is -9.20. The van der Waals surface area contributed by atoms with Crippen molar-refractivity contribution in [2.24, 2.45) is 14.6 Å². The maximum Gasteiger partial charge on any atom is 0.320 e. The highest BCUT2D eigenvalue weighted by atomic mass is 32.1. The van der Waals surface area contributed by atoms with Crippen LogP contribution < -0.4 is 25.4 Å². The van der Waals surface area contributed by atoms with E-state index < -0.39 is 35.7 Å². The number of carboxylic acids is 1. The summed E-state index contributed by atoms with van der Waals surface area (Å²) in [5.74, 6) is -1.06. The minimum absolute atomic E-state index is 0.0413. The topological polar surface area (TPSA) is 360 Å². The van der Waals surface area contributed by atoms with Crippen molar-refractivity contribution < 1.29 is 61.5 Å². The number of hydrogen-bond donors (Lipinski definition) is 4. The van der Waals surface area contributed by atoms with E-state index in [-0.39, 0.29) is 75.2 Å². The van der Waals surface area contributed by atoms with E-state index in [2.05, 4.69) is 69.9 Å². The van der Waals surface area contributed by atoms with Crippen LogP contribution in [0.15, 0.2) is 63.1 Å². The first-order valence-corrected chi connectivity index (χ1v) is 30.3. The van der Waals surface area contributed by atoms with Crippen molar-refractivity contribution >= 4 is 54.0 Å². The van der Waals surface area contributed by atoms with E-state index in [4.69, 9.17) is 39.7 Å². The molecule has 5 amide bonds. The van der Waals surface area contributed by atoms with E-state index in [0.29, 0.717) is 108 Å². The molecule has 4 aromatic rings. The minimum Gasteiger partial charge on any atom is -0.494 e. The first-order chi connectivity index (χ1) is 44.2. The lowest BCUT2D eigenvalue weighted by molar-refractivity contribution is -0.144. The number of urea groups is 2. The highest BCUT2D eigenvalue weighted by Gasteiger charge is 2.38. The number of aromatic nitrogens is 2. The number of halogens is 2. The molecule has 31 heteroatoms. The fourth-order valence-electron chi connectivity index (χ4n) is 10.7. The van der Waals surface area contributed by atoms with Crippen molar-refractivity contribution in [3.63, 3.8) is 0 Å². The first-order valence-electron chi connectivity index (χ1n) is 30.0. The number of nitrogens with one attached hydrogen (secondary N) is 3. The summed E-state index contributed by atoms with van der Waals surface area (Å²) >= 11 is 4.08. The van der Waals surface area contributed by atoms with Gasteiger partial charge in [0.1, 0.15) is 24.4 Å². The van der Waals surface area contributed by atoms with E-state index in [1.807, 2.05) is 6.07 Å². The maximum absolute atomic E-state index is 14.5. The summed E-state index contributed by atoms with van der Waals surface area (Å²) in [6.45, 7) is 8.02. The number of carboxylic acid groups (broad SMARTS) is 1. The molecule has 0 bridgehead atoms. The lowest BCUT2D eigenvalue weighted by Gasteiger charge is -2.28. The SMILES string of the molecule is CCOC(=O)C[C@@H](c1ccc(OC)c(F)c1)N1CCN(CCCc2nc3c(cc2C#N)CCCN3)C1=O.COc1ccc([C@H](CC(=O)O)N2CCN(CCCc3nc4c(cc3CNC(=O)CCOCCOCCN=[N+]=[N-])CCCN4)C2=O)cc1F.[N-]=[N+]=NCN=S. The van der Waals surface area contributed by atoms with Crippen LogP contribution >= 0.6 is 0 Å². The molecule has 4 aliphatic heterocycles. The quantitative estimate of drug-likeness (QED) is 0.0117. The molecule has 2 saturated heterocycles. The molecule has 0 unspecified atom stereocenters. The summed E-state index contributed by atoms with van der Waals surface area (Å²) in [6.07, 6.45) is 5.95. The maximum atomic E-state index is 14.5. The van der Waals surface area contributed by atoms with Crippen LogP contribution in [-0.4, -0.2) is 177 Å². The zero-order valence-electron chi connectivity index (χ0n) is 51.3. The van der Waals surface area contributed by atoms with Crippen molar-refractivity contribution in [2.45, 2.75) is 96.2 Å². The number of aryl methyl sites for hydroxylation is 4. The molecule has 0 radical (unpaired) electrons. The molecule has 8 rings (SSSR count). The van der Waals surface area contributed by atoms with Gasteiger partial charge in [-0.1, -0.05) is 22.4 Å². The van der Waals surface area contributed by atoms with Crippen LogP contribution in [0, 0.1) is 23.0 Å². The summed E-state index contributed by atoms with van der Waals surface area (Å²) in [6, 6.07) is 13.0. The number of ether oxygens (including phenoxy) is 5. The number of nitrogens with zero attached hydrogens (tertiary/aromatic N) is 14. The predicted molar refractivity (Wildman–Crippen MR) is 332 cm³/mol. The number of benzene rings is 2. The number of pyridine rings is 2. The molecule has 0 spiro atoms. The molecule has 0 saturated carbocycles. The minimum atomic E-state index is -1.09. The molecular formula is C60H77F2N17O11S. The lowest BCUT2D eigenvalue weighted by Crippen LogP contribution is -2.36.